The number of benzene rings is 1. The van der Waals surface area contributed by atoms with Crippen molar-refractivity contribution in [3.8, 4) is 0 Å². The van der Waals surface area contributed by atoms with E-state index in [0.29, 0.717) is 42.7 Å². The Morgan fingerprint density at radius 3 is 2.76 bits per heavy atom. The summed E-state index contributed by atoms with van der Waals surface area (Å²) in [5.74, 6) is -1.32. The molecule has 0 aliphatic carbocycles. The molecule has 0 bridgehead atoms. The van der Waals surface area contributed by atoms with Gasteiger partial charge in [-0.15, -0.1) is 0 Å². The smallest absolute Gasteiger partial charge is 0.152 e. The maximum absolute atomic E-state index is 14.2. The molecule has 4 nitrogen and oxygen atoms in total. The second-order valence-corrected chi connectivity index (χ2v) is 7.06. The summed E-state index contributed by atoms with van der Waals surface area (Å²) in [6.07, 6.45) is 1.44. The van der Waals surface area contributed by atoms with Gasteiger partial charge in [0.25, 0.3) is 0 Å². The van der Waals surface area contributed by atoms with Gasteiger partial charge in [-0.2, -0.15) is 0 Å². The Bertz CT molecular complexity index is 784. The highest BCUT2D eigenvalue weighted by molar-refractivity contribution is 5.92. The van der Waals surface area contributed by atoms with Crippen molar-refractivity contribution in [2.75, 3.05) is 24.6 Å². The molecular formula is C19H24F2N2O2. The van der Waals surface area contributed by atoms with Gasteiger partial charge in [0.05, 0.1) is 12.7 Å². The third kappa shape index (κ3) is 3.20. The number of fused-ring (bicyclic) bond motifs is 1. The van der Waals surface area contributed by atoms with Crippen LogP contribution in [-0.2, 0) is 0 Å². The van der Waals surface area contributed by atoms with Gasteiger partial charge >= 0.3 is 0 Å². The van der Waals surface area contributed by atoms with Gasteiger partial charge in [-0.1, -0.05) is 13.3 Å². The molecule has 0 spiro atoms. The van der Waals surface area contributed by atoms with Crippen LogP contribution in [0.4, 0.5) is 14.5 Å². The number of aryl methyl sites for hydroxylation is 1. The molecule has 6 heteroatoms. The van der Waals surface area contributed by atoms with Crippen LogP contribution in [0.3, 0.4) is 0 Å². The first kappa shape index (κ1) is 18.0. The highest BCUT2D eigenvalue weighted by atomic mass is 19.1. The summed E-state index contributed by atoms with van der Waals surface area (Å²) >= 11 is 0. The lowest BCUT2D eigenvalue weighted by atomic mass is 9.74. The lowest BCUT2D eigenvalue weighted by molar-refractivity contribution is -0.0351. The molecule has 1 saturated heterocycles. The molecule has 25 heavy (non-hydrogen) atoms. The summed E-state index contributed by atoms with van der Waals surface area (Å²) in [5, 5.41) is 20.8. The van der Waals surface area contributed by atoms with Crippen LogP contribution in [0, 0.1) is 24.0 Å². The lowest BCUT2D eigenvalue weighted by Gasteiger charge is -2.46. The number of hydrogen-bond acceptors (Lipinski definition) is 4. The van der Waals surface area contributed by atoms with Crippen LogP contribution >= 0.6 is 0 Å². The molecule has 0 radical (unpaired) electrons. The Labute approximate surface area is 146 Å². The van der Waals surface area contributed by atoms with Gasteiger partial charge in [-0.25, -0.2) is 13.8 Å². The van der Waals surface area contributed by atoms with Gasteiger partial charge in [0.15, 0.2) is 5.82 Å². The fraction of sp³-hybridized carbons (Fsp3) is 0.526. The maximum Gasteiger partial charge on any atom is 0.152 e. The minimum absolute atomic E-state index is 0.122. The summed E-state index contributed by atoms with van der Waals surface area (Å²) < 4.78 is 28.0. The van der Waals surface area contributed by atoms with Crippen LogP contribution < -0.4 is 4.90 Å². The van der Waals surface area contributed by atoms with Crippen LogP contribution in [0.1, 0.15) is 31.9 Å². The molecule has 136 valence electrons. The fourth-order valence-electron chi connectivity index (χ4n) is 3.95. The van der Waals surface area contributed by atoms with E-state index in [1.54, 1.807) is 6.92 Å². The topological polar surface area (TPSA) is 56.6 Å². The summed E-state index contributed by atoms with van der Waals surface area (Å²) in [6, 6.07) is 3.95. The van der Waals surface area contributed by atoms with Gasteiger partial charge in [0, 0.05) is 41.3 Å². The van der Waals surface area contributed by atoms with Gasteiger partial charge in [-0.05, 0) is 31.9 Å². The summed E-state index contributed by atoms with van der Waals surface area (Å²) in [7, 11) is 0. The molecule has 1 fully saturated rings. The van der Waals surface area contributed by atoms with Crippen molar-refractivity contribution in [2.45, 2.75) is 39.2 Å². The minimum atomic E-state index is -0.682. The zero-order chi connectivity index (χ0) is 18.2. The molecule has 1 aliphatic rings. The quantitative estimate of drug-likeness (QED) is 0.889. The van der Waals surface area contributed by atoms with Crippen molar-refractivity contribution in [2.24, 2.45) is 5.41 Å². The zero-order valence-corrected chi connectivity index (χ0v) is 14.6. The van der Waals surface area contributed by atoms with Gasteiger partial charge < -0.3 is 15.1 Å². The van der Waals surface area contributed by atoms with E-state index in [1.165, 1.54) is 6.07 Å². The first-order valence-electron chi connectivity index (χ1n) is 8.70. The van der Waals surface area contributed by atoms with Gasteiger partial charge in [0.1, 0.15) is 11.3 Å². The number of aromatic nitrogens is 1. The first-order chi connectivity index (χ1) is 11.9. The zero-order valence-electron chi connectivity index (χ0n) is 14.6. The van der Waals surface area contributed by atoms with Crippen LogP contribution in [0.2, 0.25) is 0 Å². The van der Waals surface area contributed by atoms with E-state index in [9.17, 15) is 19.0 Å². The fourth-order valence-corrected chi connectivity index (χ4v) is 3.95. The number of anilines is 1. The Morgan fingerprint density at radius 1 is 1.32 bits per heavy atom. The Balaban J connectivity index is 2.10. The second kappa shape index (κ2) is 6.84. The molecule has 0 amide bonds. The molecule has 1 aromatic carbocycles. The number of nitrogens with zero attached hydrogens (tertiary/aromatic N) is 2. The predicted molar refractivity (Wildman–Crippen MR) is 93.7 cm³/mol. The van der Waals surface area contributed by atoms with Gasteiger partial charge in [0.2, 0.25) is 0 Å². The SMILES string of the molecule is CCC[C@@]1(CO)CN(c2cc(C)nc3c(F)cc(F)cc23)CC[C@H]1O. The van der Waals surface area contributed by atoms with Crippen molar-refractivity contribution >= 4 is 16.6 Å². The Morgan fingerprint density at radius 2 is 2.08 bits per heavy atom. The number of halogens is 2. The van der Waals surface area contributed by atoms with E-state index in [4.69, 9.17) is 0 Å². The number of aliphatic hydroxyl groups is 2. The number of piperidine rings is 1. The lowest BCUT2D eigenvalue weighted by Crippen LogP contribution is -2.54. The van der Waals surface area contributed by atoms with Gasteiger partial charge in [-0.3, -0.25) is 0 Å². The standard InChI is InChI=1S/C19H24F2N2O2/c1-3-5-19(11-24)10-23(6-4-17(19)25)16-7-12(2)22-18-14(16)8-13(20)9-15(18)21/h7-9,17,24-25H,3-6,10-11H2,1-2H3/t17-,19+/m1/s1. The summed E-state index contributed by atoms with van der Waals surface area (Å²) in [6.45, 7) is 4.66. The molecule has 2 aromatic rings. The second-order valence-electron chi connectivity index (χ2n) is 7.06. The van der Waals surface area contributed by atoms with Crippen LogP contribution in [0.5, 0.6) is 0 Å². The molecule has 0 unspecified atom stereocenters. The van der Waals surface area contributed by atoms with Crippen LogP contribution in [0.25, 0.3) is 10.9 Å². The van der Waals surface area contributed by atoms with Crippen LogP contribution in [0.15, 0.2) is 18.2 Å². The average molecular weight is 350 g/mol. The molecule has 2 N–H and O–H groups in total. The number of hydrogen-bond donors (Lipinski definition) is 2. The van der Waals surface area contributed by atoms with Crippen LogP contribution in [-0.4, -0.2) is 41.0 Å². The summed E-state index contributed by atoms with van der Waals surface area (Å²) in [5.41, 5.74) is 0.862. The molecule has 3 rings (SSSR count). The molecule has 1 aromatic heterocycles. The number of rotatable bonds is 4. The van der Waals surface area contributed by atoms with E-state index in [2.05, 4.69) is 4.98 Å². The number of aliphatic hydroxyl groups excluding tert-OH is 2. The normalized spacial score (nSPS) is 24.1. The van der Waals surface area contributed by atoms with E-state index in [1.807, 2.05) is 17.9 Å². The molecular weight excluding hydrogens is 326 g/mol. The third-order valence-electron chi connectivity index (χ3n) is 5.23. The molecule has 1 aliphatic heterocycles. The largest absolute Gasteiger partial charge is 0.396 e. The highest BCUT2D eigenvalue weighted by Crippen LogP contribution is 2.39. The Hall–Kier alpha value is -1.79. The average Bonchev–Trinajstić information content (AvgIpc) is 2.57. The van der Waals surface area contributed by atoms with Crippen molar-refractivity contribution in [1.82, 2.24) is 4.98 Å². The molecule has 2 atom stereocenters. The van der Waals surface area contributed by atoms with E-state index in [0.717, 1.165) is 12.5 Å². The number of pyridine rings is 1. The van der Waals surface area contributed by atoms with E-state index >= 15 is 0 Å². The molecule has 0 saturated carbocycles. The summed E-state index contributed by atoms with van der Waals surface area (Å²) in [4.78, 5) is 6.22. The molecule has 2 heterocycles. The highest BCUT2D eigenvalue weighted by Gasteiger charge is 2.42. The van der Waals surface area contributed by atoms with Crippen molar-refractivity contribution in [3.63, 3.8) is 0 Å². The first-order valence-corrected chi connectivity index (χ1v) is 8.70. The predicted octanol–water partition coefficient (Wildman–Crippen LogP) is 3.17. The maximum atomic E-state index is 14.2. The van der Waals surface area contributed by atoms with E-state index < -0.39 is 23.2 Å². The Kier molecular flexibility index (Phi) is 4.93. The monoisotopic (exact) mass is 350 g/mol. The van der Waals surface area contributed by atoms with Crippen molar-refractivity contribution in [3.05, 3.63) is 35.5 Å². The van der Waals surface area contributed by atoms with E-state index in [-0.39, 0.29) is 12.1 Å². The third-order valence-corrected chi connectivity index (χ3v) is 5.23. The van der Waals surface area contributed by atoms with Crippen molar-refractivity contribution < 1.29 is 19.0 Å². The van der Waals surface area contributed by atoms with Crippen molar-refractivity contribution in [1.29, 1.82) is 0 Å². The minimum Gasteiger partial charge on any atom is -0.396 e.